The molecule has 2 rings (SSSR count). The summed E-state index contributed by atoms with van der Waals surface area (Å²) in [6.45, 7) is 0. The van der Waals surface area contributed by atoms with Crippen LogP contribution in [0.5, 0.6) is 0 Å². The Kier molecular flexibility index (Phi) is 2.64. The minimum Gasteiger partial charge on any atom is -0.469 e. The van der Waals surface area contributed by atoms with Gasteiger partial charge in [0.1, 0.15) is 5.58 Å². The minimum absolute atomic E-state index is 0.192. The van der Waals surface area contributed by atoms with Gasteiger partial charge in [-0.25, -0.2) is 0 Å². The Morgan fingerprint density at radius 3 is 3.00 bits per heavy atom. The van der Waals surface area contributed by atoms with Crippen LogP contribution in [-0.4, -0.2) is 13.1 Å². The average molecular weight is 225 g/mol. The lowest BCUT2D eigenvalue weighted by atomic mass is 10.1. The first-order valence-electron chi connectivity index (χ1n) is 4.44. The summed E-state index contributed by atoms with van der Waals surface area (Å²) >= 11 is 5.96. The van der Waals surface area contributed by atoms with Gasteiger partial charge in [0.2, 0.25) is 0 Å². The molecule has 0 fully saturated rings. The molecule has 0 radical (unpaired) electrons. The number of carbonyl (C=O) groups is 1. The normalized spacial score (nSPS) is 10.5. The molecule has 0 amide bonds. The van der Waals surface area contributed by atoms with Crippen molar-refractivity contribution in [2.24, 2.45) is 0 Å². The summed E-state index contributed by atoms with van der Waals surface area (Å²) in [5.41, 5.74) is 1.43. The van der Waals surface area contributed by atoms with E-state index < -0.39 is 0 Å². The quantitative estimate of drug-likeness (QED) is 0.737. The SMILES string of the molecule is COC(=O)Cc1ccc(Cl)c2ccoc12. The first kappa shape index (κ1) is 10.1. The second-order valence-corrected chi connectivity index (χ2v) is 3.53. The van der Waals surface area contributed by atoms with Gasteiger partial charge in [-0.05, 0) is 12.1 Å². The van der Waals surface area contributed by atoms with Gasteiger partial charge in [0.15, 0.2) is 0 Å². The van der Waals surface area contributed by atoms with Crippen LogP contribution >= 0.6 is 11.6 Å². The number of fused-ring (bicyclic) bond motifs is 1. The maximum atomic E-state index is 11.1. The van der Waals surface area contributed by atoms with Crippen LogP contribution in [0, 0.1) is 0 Å². The summed E-state index contributed by atoms with van der Waals surface area (Å²) in [5.74, 6) is -0.296. The highest BCUT2D eigenvalue weighted by Crippen LogP contribution is 2.27. The van der Waals surface area contributed by atoms with Crippen molar-refractivity contribution in [1.29, 1.82) is 0 Å². The van der Waals surface area contributed by atoms with Crippen molar-refractivity contribution in [1.82, 2.24) is 0 Å². The van der Waals surface area contributed by atoms with E-state index in [0.717, 1.165) is 10.9 Å². The van der Waals surface area contributed by atoms with Crippen molar-refractivity contribution in [3.8, 4) is 0 Å². The minimum atomic E-state index is -0.296. The number of hydrogen-bond acceptors (Lipinski definition) is 3. The van der Waals surface area contributed by atoms with E-state index in [1.165, 1.54) is 7.11 Å². The van der Waals surface area contributed by atoms with Crippen LogP contribution in [0.1, 0.15) is 5.56 Å². The van der Waals surface area contributed by atoms with Crippen LogP contribution in [0.15, 0.2) is 28.9 Å². The predicted molar refractivity (Wildman–Crippen MR) is 56.9 cm³/mol. The van der Waals surface area contributed by atoms with Gasteiger partial charge in [0, 0.05) is 10.9 Å². The van der Waals surface area contributed by atoms with Gasteiger partial charge in [-0.3, -0.25) is 4.79 Å². The van der Waals surface area contributed by atoms with Crippen molar-refractivity contribution >= 4 is 28.5 Å². The molecule has 15 heavy (non-hydrogen) atoms. The highest BCUT2D eigenvalue weighted by Gasteiger charge is 2.11. The monoisotopic (exact) mass is 224 g/mol. The van der Waals surface area contributed by atoms with Crippen molar-refractivity contribution in [3.63, 3.8) is 0 Å². The molecule has 0 aliphatic rings. The van der Waals surface area contributed by atoms with E-state index in [-0.39, 0.29) is 12.4 Å². The summed E-state index contributed by atoms with van der Waals surface area (Å²) in [7, 11) is 1.36. The zero-order chi connectivity index (χ0) is 10.8. The van der Waals surface area contributed by atoms with Crippen LogP contribution in [0.2, 0.25) is 5.02 Å². The van der Waals surface area contributed by atoms with E-state index in [0.29, 0.717) is 10.6 Å². The summed E-state index contributed by atoms with van der Waals surface area (Å²) in [4.78, 5) is 11.1. The Morgan fingerprint density at radius 1 is 1.47 bits per heavy atom. The Bertz CT molecular complexity index is 502. The Balaban J connectivity index is 2.48. The molecule has 2 aromatic rings. The van der Waals surface area contributed by atoms with Crippen molar-refractivity contribution < 1.29 is 13.9 Å². The molecule has 4 heteroatoms. The molecule has 0 spiro atoms. The lowest BCUT2D eigenvalue weighted by Gasteiger charge is -2.01. The fraction of sp³-hybridized carbons (Fsp3) is 0.182. The maximum absolute atomic E-state index is 11.1. The number of hydrogen-bond donors (Lipinski definition) is 0. The average Bonchev–Trinajstić information content (AvgIpc) is 2.71. The van der Waals surface area contributed by atoms with Crippen molar-refractivity contribution in [3.05, 3.63) is 35.0 Å². The van der Waals surface area contributed by atoms with Gasteiger partial charge in [-0.2, -0.15) is 0 Å². The molecular formula is C11H9ClO3. The zero-order valence-corrected chi connectivity index (χ0v) is 8.88. The third-order valence-electron chi connectivity index (χ3n) is 2.21. The van der Waals surface area contributed by atoms with Crippen LogP contribution in [0.3, 0.4) is 0 Å². The van der Waals surface area contributed by atoms with Crippen molar-refractivity contribution in [2.45, 2.75) is 6.42 Å². The molecule has 0 unspecified atom stereocenters. The fourth-order valence-corrected chi connectivity index (χ4v) is 1.66. The molecule has 0 atom stereocenters. The van der Waals surface area contributed by atoms with E-state index in [4.69, 9.17) is 16.0 Å². The Hall–Kier alpha value is -1.48. The predicted octanol–water partition coefficient (Wildman–Crippen LogP) is 2.80. The van der Waals surface area contributed by atoms with Crippen LogP contribution in [0.4, 0.5) is 0 Å². The summed E-state index contributed by atoms with van der Waals surface area (Å²) in [6.07, 6.45) is 1.75. The number of ether oxygens (including phenoxy) is 1. The first-order valence-corrected chi connectivity index (χ1v) is 4.81. The Labute approximate surface area is 91.6 Å². The number of esters is 1. The second-order valence-electron chi connectivity index (χ2n) is 3.12. The molecule has 0 aliphatic carbocycles. The molecule has 1 heterocycles. The standard InChI is InChI=1S/C11H9ClO3/c1-14-10(13)6-7-2-3-9(12)8-4-5-15-11(7)8/h2-5H,6H2,1H3. The first-order chi connectivity index (χ1) is 7.22. The third kappa shape index (κ3) is 1.83. The summed E-state index contributed by atoms with van der Waals surface area (Å²) < 4.78 is 9.88. The maximum Gasteiger partial charge on any atom is 0.310 e. The molecule has 78 valence electrons. The molecule has 0 N–H and O–H groups in total. The van der Waals surface area contributed by atoms with Gasteiger partial charge in [-0.1, -0.05) is 17.7 Å². The molecule has 0 saturated carbocycles. The molecule has 0 bridgehead atoms. The zero-order valence-electron chi connectivity index (χ0n) is 8.12. The third-order valence-corrected chi connectivity index (χ3v) is 2.54. The fourth-order valence-electron chi connectivity index (χ4n) is 1.45. The van der Waals surface area contributed by atoms with E-state index in [9.17, 15) is 4.79 Å². The van der Waals surface area contributed by atoms with Crippen LogP contribution in [0.25, 0.3) is 11.0 Å². The highest BCUT2D eigenvalue weighted by molar-refractivity contribution is 6.35. The van der Waals surface area contributed by atoms with Crippen LogP contribution in [-0.2, 0) is 16.0 Å². The van der Waals surface area contributed by atoms with Crippen LogP contribution < -0.4 is 0 Å². The number of halogens is 1. The summed E-state index contributed by atoms with van der Waals surface area (Å²) in [6, 6.07) is 5.29. The lowest BCUT2D eigenvalue weighted by molar-refractivity contribution is -0.139. The van der Waals surface area contributed by atoms with E-state index in [1.807, 2.05) is 0 Å². The lowest BCUT2D eigenvalue weighted by Crippen LogP contribution is -2.04. The molecule has 0 aliphatic heterocycles. The number of furan rings is 1. The van der Waals surface area contributed by atoms with E-state index in [2.05, 4.69) is 4.74 Å². The number of carbonyl (C=O) groups excluding carboxylic acids is 1. The number of benzene rings is 1. The van der Waals surface area contributed by atoms with Gasteiger partial charge >= 0.3 is 5.97 Å². The molecular weight excluding hydrogens is 216 g/mol. The highest BCUT2D eigenvalue weighted by atomic mass is 35.5. The molecule has 0 saturated heterocycles. The number of rotatable bonds is 2. The number of methoxy groups -OCH3 is 1. The summed E-state index contributed by atoms with van der Waals surface area (Å²) in [5, 5.41) is 1.44. The van der Waals surface area contributed by atoms with Gasteiger partial charge < -0.3 is 9.15 Å². The molecule has 1 aromatic heterocycles. The molecule has 3 nitrogen and oxygen atoms in total. The largest absolute Gasteiger partial charge is 0.469 e. The Morgan fingerprint density at radius 2 is 2.27 bits per heavy atom. The topological polar surface area (TPSA) is 39.4 Å². The van der Waals surface area contributed by atoms with Gasteiger partial charge in [0.25, 0.3) is 0 Å². The second kappa shape index (κ2) is 3.95. The van der Waals surface area contributed by atoms with Crippen molar-refractivity contribution in [2.75, 3.05) is 7.11 Å². The van der Waals surface area contributed by atoms with Gasteiger partial charge in [-0.15, -0.1) is 0 Å². The van der Waals surface area contributed by atoms with E-state index >= 15 is 0 Å². The molecule has 1 aromatic carbocycles. The van der Waals surface area contributed by atoms with Gasteiger partial charge in [0.05, 0.1) is 24.8 Å². The smallest absolute Gasteiger partial charge is 0.310 e. The van der Waals surface area contributed by atoms with E-state index in [1.54, 1.807) is 24.5 Å².